The molecule has 1 aliphatic carbocycles. The van der Waals surface area contributed by atoms with Gasteiger partial charge in [0.25, 0.3) is 0 Å². The van der Waals surface area contributed by atoms with Crippen LogP contribution < -0.4 is 0 Å². The number of carbonyl (C=O) groups excluding carboxylic acids is 1. The molecule has 1 saturated heterocycles. The van der Waals surface area contributed by atoms with E-state index in [1.54, 1.807) is 6.92 Å². The molecule has 2 rings (SSSR count). The smallest absolute Gasteiger partial charge is 0.219 e. The van der Waals surface area contributed by atoms with Crippen LogP contribution in [0.4, 0.5) is 0 Å². The fourth-order valence-electron chi connectivity index (χ4n) is 3.24. The summed E-state index contributed by atoms with van der Waals surface area (Å²) in [6.07, 6.45) is 3.86. The van der Waals surface area contributed by atoms with Crippen molar-refractivity contribution < 1.29 is 4.79 Å². The molecule has 1 aliphatic heterocycles. The van der Waals surface area contributed by atoms with Gasteiger partial charge in [-0.3, -0.25) is 4.79 Å². The highest BCUT2D eigenvalue weighted by Gasteiger charge is 2.49. The summed E-state index contributed by atoms with van der Waals surface area (Å²) < 4.78 is 0. The Morgan fingerprint density at radius 1 is 1.38 bits per heavy atom. The molecule has 2 heteroatoms. The minimum atomic E-state index is 0.266. The average Bonchev–Trinajstić information content (AvgIpc) is 2.53. The SMILES string of the molecule is CC(=O)N1CC(C)(C)C2CCCC21. The van der Waals surface area contributed by atoms with Gasteiger partial charge in [0.2, 0.25) is 5.91 Å². The maximum atomic E-state index is 11.4. The molecular weight excluding hydrogens is 162 g/mol. The van der Waals surface area contributed by atoms with E-state index in [9.17, 15) is 4.79 Å². The number of carbonyl (C=O) groups is 1. The van der Waals surface area contributed by atoms with Crippen LogP contribution in [0.2, 0.25) is 0 Å². The third-order valence-electron chi connectivity index (χ3n) is 3.87. The molecule has 0 aromatic heterocycles. The highest BCUT2D eigenvalue weighted by atomic mass is 16.2. The second-order valence-corrected chi connectivity index (χ2v) is 5.24. The Morgan fingerprint density at radius 3 is 2.69 bits per heavy atom. The fourth-order valence-corrected chi connectivity index (χ4v) is 3.24. The minimum Gasteiger partial charge on any atom is -0.339 e. The number of likely N-dealkylation sites (tertiary alicyclic amines) is 1. The minimum absolute atomic E-state index is 0.266. The Balaban J connectivity index is 2.23. The number of fused-ring (bicyclic) bond motifs is 1. The molecule has 0 bridgehead atoms. The number of amides is 1. The number of hydrogen-bond acceptors (Lipinski definition) is 1. The Hall–Kier alpha value is -0.530. The molecule has 2 fully saturated rings. The monoisotopic (exact) mass is 181 g/mol. The predicted molar refractivity (Wildman–Crippen MR) is 52.3 cm³/mol. The van der Waals surface area contributed by atoms with Gasteiger partial charge in [-0.05, 0) is 24.2 Å². The molecule has 1 heterocycles. The van der Waals surface area contributed by atoms with E-state index < -0.39 is 0 Å². The van der Waals surface area contributed by atoms with Gasteiger partial charge in [0.15, 0.2) is 0 Å². The second-order valence-electron chi connectivity index (χ2n) is 5.24. The number of rotatable bonds is 0. The lowest BCUT2D eigenvalue weighted by Crippen LogP contribution is -2.34. The fraction of sp³-hybridized carbons (Fsp3) is 0.909. The molecule has 2 atom stereocenters. The average molecular weight is 181 g/mol. The van der Waals surface area contributed by atoms with Crippen LogP contribution in [0.5, 0.6) is 0 Å². The molecule has 1 amide bonds. The van der Waals surface area contributed by atoms with Gasteiger partial charge in [-0.1, -0.05) is 20.3 Å². The molecule has 0 spiro atoms. The Kier molecular flexibility index (Phi) is 1.90. The summed E-state index contributed by atoms with van der Waals surface area (Å²) in [4.78, 5) is 13.5. The van der Waals surface area contributed by atoms with E-state index in [0.29, 0.717) is 11.5 Å². The summed E-state index contributed by atoms with van der Waals surface area (Å²) in [6, 6.07) is 0.562. The van der Waals surface area contributed by atoms with E-state index in [4.69, 9.17) is 0 Å². The molecule has 2 unspecified atom stereocenters. The van der Waals surface area contributed by atoms with Crippen molar-refractivity contribution in [2.45, 2.75) is 46.1 Å². The molecule has 0 aromatic rings. The van der Waals surface area contributed by atoms with Gasteiger partial charge >= 0.3 is 0 Å². The molecular formula is C11H19NO. The molecule has 0 aromatic carbocycles. The third kappa shape index (κ3) is 1.27. The van der Waals surface area contributed by atoms with E-state index >= 15 is 0 Å². The van der Waals surface area contributed by atoms with Gasteiger partial charge in [0.05, 0.1) is 0 Å². The molecule has 2 aliphatic rings. The first-order chi connectivity index (χ1) is 6.02. The molecule has 13 heavy (non-hydrogen) atoms. The zero-order valence-electron chi connectivity index (χ0n) is 8.84. The van der Waals surface area contributed by atoms with E-state index in [1.807, 2.05) is 0 Å². The highest BCUT2D eigenvalue weighted by Crippen LogP contribution is 2.48. The topological polar surface area (TPSA) is 20.3 Å². The van der Waals surface area contributed by atoms with Gasteiger partial charge in [-0.25, -0.2) is 0 Å². The van der Waals surface area contributed by atoms with Crippen LogP contribution in [0.25, 0.3) is 0 Å². The largest absolute Gasteiger partial charge is 0.339 e. The van der Waals surface area contributed by atoms with E-state index in [1.165, 1.54) is 19.3 Å². The summed E-state index contributed by atoms with van der Waals surface area (Å²) >= 11 is 0. The maximum Gasteiger partial charge on any atom is 0.219 e. The zero-order chi connectivity index (χ0) is 9.64. The summed E-state index contributed by atoms with van der Waals surface area (Å²) in [5.74, 6) is 1.03. The van der Waals surface area contributed by atoms with E-state index in [0.717, 1.165) is 12.5 Å². The molecule has 2 nitrogen and oxygen atoms in total. The first-order valence-corrected chi connectivity index (χ1v) is 5.29. The lowest BCUT2D eigenvalue weighted by molar-refractivity contribution is -0.130. The van der Waals surface area contributed by atoms with E-state index in [2.05, 4.69) is 18.7 Å². The first kappa shape index (κ1) is 9.04. The quantitative estimate of drug-likeness (QED) is 0.560. The van der Waals surface area contributed by atoms with Crippen molar-refractivity contribution in [2.24, 2.45) is 11.3 Å². The van der Waals surface area contributed by atoms with Crippen LogP contribution in [-0.4, -0.2) is 23.4 Å². The van der Waals surface area contributed by atoms with Crippen molar-refractivity contribution in [3.8, 4) is 0 Å². The van der Waals surface area contributed by atoms with Crippen LogP contribution >= 0.6 is 0 Å². The van der Waals surface area contributed by atoms with Crippen LogP contribution in [-0.2, 0) is 4.79 Å². The summed E-state index contributed by atoms with van der Waals surface area (Å²) in [5.41, 5.74) is 0.354. The van der Waals surface area contributed by atoms with Crippen LogP contribution in [0, 0.1) is 11.3 Å². The highest BCUT2D eigenvalue weighted by molar-refractivity contribution is 5.74. The van der Waals surface area contributed by atoms with Gasteiger partial charge in [0.1, 0.15) is 0 Å². The Morgan fingerprint density at radius 2 is 2.08 bits per heavy atom. The maximum absolute atomic E-state index is 11.4. The van der Waals surface area contributed by atoms with Crippen molar-refractivity contribution >= 4 is 5.91 Å². The standard InChI is InChI=1S/C11H19NO/c1-8(13)12-7-11(2,3)9-5-4-6-10(9)12/h9-10H,4-7H2,1-3H3. The van der Waals surface area contributed by atoms with E-state index in [-0.39, 0.29) is 5.91 Å². The predicted octanol–water partition coefficient (Wildman–Crippen LogP) is 2.04. The summed E-state index contributed by atoms with van der Waals surface area (Å²) in [7, 11) is 0. The van der Waals surface area contributed by atoms with Gasteiger partial charge in [-0.2, -0.15) is 0 Å². The molecule has 0 radical (unpaired) electrons. The molecule has 74 valence electrons. The molecule has 1 saturated carbocycles. The van der Waals surface area contributed by atoms with Gasteiger partial charge in [0, 0.05) is 19.5 Å². The van der Waals surface area contributed by atoms with Crippen molar-refractivity contribution in [2.75, 3.05) is 6.54 Å². The van der Waals surface area contributed by atoms with Crippen molar-refractivity contribution in [3.63, 3.8) is 0 Å². The van der Waals surface area contributed by atoms with Gasteiger partial charge in [-0.15, -0.1) is 0 Å². The third-order valence-corrected chi connectivity index (χ3v) is 3.87. The Bertz CT molecular complexity index is 234. The van der Waals surface area contributed by atoms with Crippen molar-refractivity contribution in [1.29, 1.82) is 0 Å². The number of nitrogens with zero attached hydrogens (tertiary/aromatic N) is 1. The van der Waals surface area contributed by atoms with Crippen molar-refractivity contribution in [1.82, 2.24) is 4.90 Å². The van der Waals surface area contributed by atoms with Crippen LogP contribution in [0.15, 0.2) is 0 Å². The molecule has 0 N–H and O–H groups in total. The van der Waals surface area contributed by atoms with Crippen LogP contribution in [0.1, 0.15) is 40.0 Å². The summed E-state index contributed by atoms with van der Waals surface area (Å²) in [6.45, 7) is 7.28. The second kappa shape index (κ2) is 2.73. The lowest BCUT2D eigenvalue weighted by atomic mass is 9.80. The summed E-state index contributed by atoms with van der Waals surface area (Å²) in [5, 5.41) is 0. The number of hydrogen-bond donors (Lipinski definition) is 0. The van der Waals surface area contributed by atoms with Gasteiger partial charge < -0.3 is 4.90 Å². The zero-order valence-corrected chi connectivity index (χ0v) is 8.84. The van der Waals surface area contributed by atoms with Crippen LogP contribution in [0.3, 0.4) is 0 Å². The lowest BCUT2D eigenvalue weighted by Gasteiger charge is -2.23. The first-order valence-electron chi connectivity index (χ1n) is 5.29. The normalized spacial score (nSPS) is 36.4. The van der Waals surface area contributed by atoms with Crippen molar-refractivity contribution in [3.05, 3.63) is 0 Å². The Labute approximate surface area is 80.3 Å².